The van der Waals surface area contributed by atoms with Crippen LogP contribution < -0.4 is 0 Å². The van der Waals surface area contributed by atoms with E-state index in [4.69, 9.17) is 14.4 Å². The summed E-state index contributed by atoms with van der Waals surface area (Å²) in [6.07, 6.45) is 1.80. The third kappa shape index (κ3) is 5.54. The zero-order valence-corrected chi connectivity index (χ0v) is 17.5. The fourth-order valence-electron chi connectivity index (χ4n) is 2.89. The van der Waals surface area contributed by atoms with Gasteiger partial charge in [0.25, 0.3) is 0 Å². The molecule has 152 valence electrons. The maximum atomic E-state index is 12.1. The van der Waals surface area contributed by atoms with Gasteiger partial charge in [-0.25, -0.2) is 4.79 Å². The Balaban J connectivity index is 2.30. The summed E-state index contributed by atoms with van der Waals surface area (Å²) >= 11 is 0. The lowest BCUT2D eigenvalue weighted by molar-refractivity contribution is -0.132. The normalized spacial score (nSPS) is 11.8. The highest BCUT2D eigenvalue weighted by Crippen LogP contribution is 2.18. The molecule has 0 N–H and O–H groups in total. The van der Waals surface area contributed by atoms with Crippen LogP contribution in [0, 0.1) is 13.8 Å². The minimum atomic E-state index is -0.588. The summed E-state index contributed by atoms with van der Waals surface area (Å²) in [6.45, 7) is 9.81. The number of oxime groups is 2. The number of methoxy groups -OCH3 is 1. The van der Waals surface area contributed by atoms with Gasteiger partial charge >= 0.3 is 5.97 Å². The second-order valence-corrected chi connectivity index (χ2v) is 6.50. The Morgan fingerprint density at radius 1 is 1.14 bits per heavy atom. The molecule has 0 aliphatic rings. The lowest BCUT2D eigenvalue weighted by Crippen LogP contribution is -2.20. The SMILES string of the molecule is C=Cc1cc(C)cc(/C(C)=N/OCc2c(C)cccc2/C(=N\OC)C(=O)OC)c1. The van der Waals surface area contributed by atoms with Crippen LogP contribution in [0.25, 0.3) is 6.08 Å². The molecule has 0 spiro atoms. The first-order valence-corrected chi connectivity index (χ1v) is 9.10. The molecule has 6 nitrogen and oxygen atoms in total. The standard InChI is InChI=1S/C23H26N2O4/c1-7-18-11-15(2)12-19(13-18)17(4)24-29-14-21-16(3)9-8-10-20(21)22(25-28-6)23(26)27-5/h7-13H,1,14H2,2-6H3/b24-17+,25-22+. The molecule has 0 aromatic heterocycles. The number of hydrogen-bond donors (Lipinski definition) is 0. The summed E-state index contributed by atoms with van der Waals surface area (Å²) in [5, 5.41) is 8.08. The third-order valence-electron chi connectivity index (χ3n) is 4.39. The Labute approximate surface area is 171 Å². The van der Waals surface area contributed by atoms with Crippen LogP contribution >= 0.6 is 0 Å². The largest absolute Gasteiger partial charge is 0.464 e. The topological polar surface area (TPSA) is 69.5 Å². The molecule has 0 aliphatic carbocycles. The molecule has 0 radical (unpaired) electrons. The number of carbonyl (C=O) groups excluding carboxylic acids is 1. The average molecular weight is 394 g/mol. The van der Waals surface area contributed by atoms with Crippen molar-refractivity contribution in [2.24, 2.45) is 10.3 Å². The van der Waals surface area contributed by atoms with Crippen molar-refractivity contribution in [1.29, 1.82) is 0 Å². The zero-order chi connectivity index (χ0) is 21.4. The molecule has 0 heterocycles. The lowest BCUT2D eigenvalue weighted by Gasteiger charge is -2.12. The quantitative estimate of drug-likeness (QED) is 0.378. The first-order chi connectivity index (χ1) is 13.9. The number of esters is 1. The summed E-state index contributed by atoms with van der Waals surface area (Å²) in [5.74, 6) is -0.588. The van der Waals surface area contributed by atoms with Crippen molar-refractivity contribution >= 4 is 23.5 Å². The maximum absolute atomic E-state index is 12.1. The van der Waals surface area contributed by atoms with E-state index in [-0.39, 0.29) is 12.3 Å². The van der Waals surface area contributed by atoms with Gasteiger partial charge in [0.05, 0.1) is 12.8 Å². The van der Waals surface area contributed by atoms with E-state index in [0.717, 1.165) is 33.5 Å². The van der Waals surface area contributed by atoms with Gasteiger partial charge in [-0.3, -0.25) is 0 Å². The predicted octanol–water partition coefficient (Wildman–Crippen LogP) is 4.41. The van der Waals surface area contributed by atoms with E-state index >= 15 is 0 Å². The lowest BCUT2D eigenvalue weighted by atomic mass is 9.99. The monoisotopic (exact) mass is 394 g/mol. The van der Waals surface area contributed by atoms with Gasteiger partial charge in [-0.2, -0.15) is 0 Å². The van der Waals surface area contributed by atoms with Crippen LogP contribution in [-0.4, -0.2) is 31.6 Å². The van der Waals surface area contributed by atoms with Crippen LogP contribution in [0.5, 0.6) is 0 Å². The Hall–Kier alpha value is -3.41. The van der Waals surface area contributed by atoms with Gasteiger partial charge in [-0.15, -0.1) is 0 Å². The van der Waals surface area contributed by atoms with Gasteiger partial charge in [0.2, 0.25) is 0 Å². The fourth-order valence-corrected chi connectivity index (χ4v) is 2.89. The number of nitrogens with zero attached hydrogens (tertiary/aromatic N) is 2. The van der Waals surface area contributed by atoms with Crippen LogP contribution in [0.1, 0.15) is 40.3 Å². The average Bonchev–Trinajstić information content (AvgIpc) is 2.72. The summed E-state index contributed by atoms with van der Waals surface area (Å²) in [6, 6.07) is 11.6. The molecule has 0 fully saturated rings. The number of benzene rings is 2. The Morgan fingerprint density at radius 2 is 1.90 bits per heavy atom. The van der Waals surface area contributed by atoms with Crippen LogP contribution in [0.4, 0.5) is 0 Å². The van der Waals surface area contributed by atoms with Crippen molar-refractivity contribution in [3.8, 4) is 0 Å². The van der Waals surface area contributed by atoms with Crippen molar-refractivity contribution in [2.75, 3.05) is 14.2 Å². The number of ether oxygens (including phenoxy) is 1. The summed E-state index contributed by atoms with van der Waals surface area (Å²) in [5.41, 5.74) is 6.21. The number of rotatable bonds is 8. The van der Waals surface area contributed by atoms with Crippen LogP contribution in [0.15, 0.2) is 53.3 Å². The molecule has 29 heavy (non-hydrogen) atoms. The Morgan fingerprint density at radius 3 is 2.55 bits per heavy atom. The highest BCUT2D eigenvalue weighted by Gasteiger charge is 2.20. The molecular weight excluding hydrogens is 368 g/mol. The Kier molecular flexibility index (Phi) is 7.71. The van der Waals surface area contributed by atoms with Gasteiger partial charge < -0.3 is 14.4 Å². The number of aryl methyl sites for hydroxylation is 2. The van der Waals surface area contributed by atoms with Gasteiger partial charge in [-0.05, 0) is 49.1 Å². The highest BCUT2D eigenvalue weighted by atomic mass is 16.6. The van der Waals surface area contributed by atoms with Gasteiger partial charge in [0, 0.05) is 11.1 Å². The van der Waals surface area contributed by atoms with E-state index in [0.29, 0.717) is 5.56 Å². The number of hydrogen-bond acceptors (Lipinski definition) is 6. The van der Waals surface area contributed by atoms with E-state index in [1.165, 1.54) is 14.2 Å². The van der Waals surface area contributed by atoms with E-state index in [1.807, 2.05) is 51.1 Å². The number of carbonyl (C=O) groups is 1. The Bertz CT molecular complexity index is 961. The second kappa shape index (κ2) is 10.2. The van der Waals surface area contributed by atoms with Crippen molar-refractivity contribution in [2.45, 2.75) is 27.4 Å². The van der Waals surface area contributed by atoms with Crippen molar-refractivity contribution in [3.63, 3.8) is 0 Å². The molecule has 2 rings (SSSR count). The smallest absolute Gasteiger partial charge is 0.360 e. The summed E-state index contributed by atoms with van der Waals surface area (Å²) < 4.78 is 4.82. The van der Waals surface area contributed by atoms with Crippen LogP contribution in [0.3, 0.4) is 0 Å². The van der Waals surface area contributed by atoms with E-state index in [9.17, 15) is 4.79 Å². The summed E-state index contributed by atoms with van der Waals surface area (Å²) in [7, 11) is 2.68. The van der Waals surface area contributed by atoms with Crippen LogP contribution in [-0.2, 0) is 25.8 Å². The van der Waals surface area contributed by atoms with E-state index in [2.05, 4.69) is 16.9 Å². The molecular formula is C23H26N2O4. The second-order valence-electron chi connectivity index (χ2n) is 6.50. The van der Waals surface area contributed by atoms with Gasteiger partial charge in [-0.1, -0.05) is 53.3 Å². The van der Waals surface area contributed by atoms with Gasteiger partial charge in [0.1, 0.15) is 13.7 Å². The minimum Gasteiger partial charge on any atom is -0.464 e. The molecule has 2 aromatic carbocycles. The molecule has 0 saturated carbocycles. The molecule has 0 aliphatic heterocycles. The van der Waals surface area contributed by atoms with E-state index < -0.39 is 5.97 Å². The van der Waals surface area contributed by atoms with E-state index in [1.54, 1.807) is 12.1 Å². The van der Waals surface area contributed by atoms with Crippen LogP contribution in [0.2, 0.25) is 0 Å². The fraction of sp³-hybridized carbons (Fsp3) is 0.261. The predicted molar refractivity (Wildman–Crippen MR) is 115 cm³/mol. The minimum absolute atomic E-state index is 0.0762. The molecule has 0 unspecified atom stereocenters. The highest BCUT2D eigenvalue weighted by molar-refractivity contribution is 6.43. The zero-order valence-electron chi connectivity index (χ0n) is 17.5. The van der Waals surface area contributed by atoms with Gasteiger partial charge in [0.15, 0.2) is 5.71 Å². The maximum Gasteiger partial charge on any atom is 0.360 e. The first-order valence-electron chi connectivity index (χ1n) is 9.10. The summed E-state index contributed by atoms with van der Waals surface area (Å²) in [4.78, 5) is 22.6. The molecule has 2 aromatic rings. The van der Waals surface area contributed by atoms with Crippen molar-refractivity contribution in [1.82, 2.24) is 0 Å². The molecule has 6 heteroatoms. The molecule has 0 bridgehead atoms. The first kappa shape index (κ1) is 21.9. The van der Waals surface area contributed by atoms with Crippen molar-refractivity contribution < 1.29 is 19.2 Å². The van der Waals surface area contributed by atoms with Crippen molar-refractivity contribution in [3.05, 3.63) is 76.4 Å². The molecule has 0 atom stereocenters. The third-order valence-corrected chi connectivity index (χ3v) is 4.39. The molecule has 0 saturated heterocycles. The molecule has 0 amide bonds.